The van der Waals surface area contributed by atoms with Crippen LogP contribution in [-0.2, 0) is 4.74 Å². The van der Waals surface area contributed by atoms with Crippen molar-refractivity contribution in [2.24, 2.45) is 5.92 Å². The monoisotopic (exact) mass is 419 g/mol. The van der Waals surface area contributed by atoms with E-state index in [1.165, 1.54) is 0 Å². The summed E-state index contributed by atoms with van der Waals surface area (Å²) in [4.78, 5) is 17.5. The van der Waals surface area contributed by atoms with Gasteiger partial charge in [0.05, 0.1) is 22.0 Å². The zero-order chi connectivity index (χ0) is 19.5. The van der Waals surface area contributed by atoms with Crippen LogP contribution in [0.25, 0.3) is 0 Å². The van der Waals surface area contributed by atoms with Crippen LogP contribution in [-0.4, -0.2) is 30.6 Å². The molecule has 5 nitrogen and oxygen atoms in total. The van der Waals surface area contributed by atoms with Gasteiger partial charge in [-0.1, -0.05) is 23.2 Å². The summed E-state index contributed by atoms with van der Waals surface area (Å²) in [5.74, 6) is 1.47. The molecule has 0 radical (unpaired) electrons. The molecule has 148 valence electrons. The molecule has 0 unspecified atom stereocenters. The minimum absolute atomic E-state index is 0.0445. The molecular formula is C21H23Cl2N3O2. The maximum absolute atomic E-state index is 12.8. The summed E-state index contributed by atoms with van der Waals surface area (Å²) in [5.41, 5.74) is 2.26. The molecule has 2 N–H and O–H groups in total. The number of nitrogens with one attached hydrogen (secondary N) is 2. The molecule has 1 aliphatic carbocycles. The zero-order valence-electron chi connectivity index (χ0n) is 15.5. The van der Waals surface area contributed by atoms with Crippen LogP contribution in [0.15, 0.2) is 30.3 Å². The van der Waals surface area contributed by atoms with E-state index < -0.39 is 0 Å². The van der Waals surface area contributed by atoms with E-state index in [1.807, 2.05) is 18.2 Å². The molecule has 2 aromatic rings. The lowest BCUT2D eigenvalue weighted by molar-refractivity contribution is 0.0642. The summed E-state index contributed by atoms with van der Waals surface area (Å²) in [6, 6.07) is 8.95. The third-order valence-electron chi connectivity index (χ3n) is 5.22. The van der Waals surface area contributed by atoms with Gasteiger partial charge in [0.1, 0.15) is 5.82 Å². The van der Waals surface area contributed by atoms with Crippen LogP contribution in [0.3, 0.4) is 0 Å². The van der Waals surface area contributed by atoms with Gasteiger partial charge in [-0.15, -0.1) is 0 Å². The van der Waals surface area contributed by atoms with Crippen LogP contribution in [0.4, 0.5) is 11.5 Å². The lowest BCUT2D eigenvalue weighted by Gasteiger charge is -2.22. The molecule has 1 aliphatic heterocycles. The van der Waals surface area contributed by atoms with Crippen molar-refractivity contribution in [3.05, 3.63) is 51.6 Å². The number of ether oxygens (including phenoxy) is 1. The number of hydrogen-bond acceptors (Lipinski definition) is 4. The third-order valence-corrected chi connectivity index (χ3v) is 5.77. The van der Waals surface area contributed by atoms with Gasteiger partial charge >= 0.3 is 0 Å². The standard InChI is InChI=1S/C21H23Cl2N3O2/c22-15-3-5-18(17(23)11-15)25-19-6-4-16(20(26-19)14-1-2-14)21(27)24-12-13-7-9-28-10-8-13/h3-6,11,13-14H,1-2,7-10,12H2,(H,24,27)(H,25,26). The first-order valence-electron chi connectivity index (χ1n) is 9.69. The van der Waals surface area contributed by atoms with E-state index in [9.17, 15) is 4.79 Å². The van der Waals surface area contributed by atoms with Gasteiger partial charge in [0, 0.05) is 30.7 Å². The van der Waals surface area contributed by atoms with Crippen LogP contribution in [0.5, 0.6) is 0 Å². The fourth-order valence-corrected chi connectivity index (χ4v) is 3.87. The second-order valence-electron chi connectivity index (χ2n) is 7.42. The molecular weight excluding hydrogens is 397 g/mol. The van der Waals surface area contributed by atoms with Crippen LogP contribution in [0, 0.1) is 5.92 Å². The maximum atomic E-state index is 12.8. The average molecular weight is 420 g/mol. The Balaban J connectivity index is 1.48. The molecule has 2 aliphatic rings. The van der Waals surface area contributed by atoms with Crippen LogP contribution in [0.1, 0.15) is 47.7 Å². The first kappa shape index (κ1) is 19.5. The number of amides is 1. The molecule has 2 fully saturated rings. The smallest absolute Gasteiger partial charge is 0.253 e. The molecule has 28 heavy (non-hydrogen) atoms. The van der Waals surface area contributed by atoms with Gasteiger partial charge in [0.15, 0.2) is 0 Å². The van der Waals surface area contributed by atoms with E-state index in [4.69, 9.17) is 32.9 Å². The highest BCUT2D eigenvalue weighted by Crippen LogP contribution is 2.41. The number of carbonyl (C=O) groups excluding carboxylic acids is 1. The van der Waals surface area contributed by atoms with Crippen molar-refractivity contribution in [1.82, 2.24) is 10.3 Å². The number of rotatable bonds is 6. The second-order valence-corrected chi connectivity index (χ2v) is 8.26. The number of aromatic nitrogens is 1. The Kier molecular flexibility index (Phi) is 6.04. The molecule has 1 aromatic carbocycles. The minimum Gasteiger partial charge on any atom is -0.381 e. The number of nitrogens with zero attached hydrogens (tertiary/aromatic N) is 1. The molecule has 0 bridgehead atoms. The predicted molar refractivity (Wildman–Crippen MR) is 112 cm³/mol. The van der Waals surface area contributed by atoms with Gasteiger partial charge in [0.2, 0.25) is 0 Å². The Labute approximate surface area is 174 Å². The quantitative estimate of drug-likeness (QED) is 0.677. The number of halogens is 2. The van der Waals surface area contributed by atoms with E-state index in [-0.39, 0.29) is 5.91 Å². The van der Waals surface area contributed by atoms with E-state index in [0.717, 1.165) is 50.3 Å². The molecule has 0 spiro atoms. The number of hydrogen-bond donors (Lipinski definition) is 2. The number of carbonyl (C=O) groups is 1. The average Bonchev–Trinajstić information content (AvgIpc) is 3.54. The fraction of sp³-hybridized carbons (Fsp3) is 0.429. The lowest BCUT2D eigenvalue weighted by Crippen LogP contribution is -2.32. The van der Waals surface area contributed by atoms with Crippen molar-refractivity contribution in [3.63, 3.8) is 0 Å². The third kappa shape index (κ3) is 4.77. The Morgan fingerprint density at radius 1 is 1.11 bits per heavy atom. The maximum Gasteiger partial charge on any atom is 0.253 e. The molecule has 1 saturated carbocycles. The van der Waals surface area contributed by atoms with Crippen molar-refractivity contribution in [3.8, 4) is 0 Å². The van der Waals surface area contributed by atoms with Crippen molar-refractivity contribution < 1.29 is 9.53 Å². The highest BCUT2D eigenvalue weighted by Gasteiger charge is 2.30. The molecule has 2 heterocycles. The number of benzene rings is 1. The van der Waals surface area contributed by atoms with Crippen LogP contribution in [0.2, 0.25) is 10.0 Å². The number of pyridine rings is 1. The second kappa shape index (κ2) is 8.68. The van der Waals surface area contributed by atoms with E-state index >= 15 is 0 Å². The Hall–Kier alpha value is -1.82. The van der Waals surface area contributed by atoms with Crippen molar-refractivity contribution in [2.45, 2.75) is 31.6 Å². The largest absolute Gasteiger partial charge is 0.381 e. The summed E-state index contributed by atoms with van der Waals surface area (Å²) in [6.07, 6.45) is 4.13. The van der Waals surface area contributed by atoms with Gasteiger partial charge in [-0.05, 0) is 61.9 Å². The summed E-state index contributed by atoms with van der Waals surface area (Å²) in [7, 11) is 0. The highest BCUT2D eigenvalue weighted by molar-refractivity contribution is 6.36. The minimum atomic E-state index is -0.0445. The topological polar surface area (TPSA) is 63.2 Å². The summed E-state index contributed by atoms with van der Waals surface area (Å²) in [5, 5.41) is 7.42. The van der Waals surface area contributed by atoms with E-state index in [2.05, 4.69) is 10.6 Å². The number of anilines is 2. The fourth-order valence-electron chi connectivity index (χ4n) is 3.42. The first-order valence-corrected chi connectivity index (χ1v) is 10.4. The van der Waals surface area contributed by atoms with E-state index in [1.54, 1.807) is 12.1 Å². The van der Waals surface area contributed by atoms with Crippen molar-refractivity contribution >= 4 is 40.6 Å². The SMILES string of the molecule is O=C(NCC1CCOCC1)c1ccc(Nc2ccc(Cl)cc2Cl)nc1C1CC1. The summed E-state index contributed by atoms with van der Waals surface area (Å²) in [6.45, 7) is 2.25. The highest BCUT2D eigenvalue weighted by atomic mass is 35.5. The van der Waals surface area contributed by atoms with Gasteiger partial charge in [-0.25, -0.2) is 4.98 Å². The van der Waals surface area contributed by atoms with Gasteiger partial charge in [-0.2, -0.15) is 0 Å². The molecule has 4 rings (SSSR count). The predicted octanol–water partition coefficient (Wildman–Crippen LogP) is 5.17. The lowest BCUT2D eigenvalue weighted by atomic mass is 10.00. The molecule has 1 aromatic heterocycles. The zero-order valence-corrected chi connectivity index (χ0v) is 17.0. The summed E-state index contributed by atoms with van der Waals surface area (Å²) >= 11 is 12.2. The molecule has 1 amide bonds. The van der Waals surface area contributed by atoms with Gasteiger partial charge < -0.3 is 15.4 Å². The molecule has 0 atom stereocenters. The van der Waals surface area contributed by atoms with Crippen molar-refractivity contribution in [2.75, 3.05) is 25.1 Å². The van der Waals surface area contributed by atoms with Gasteiger partial charge in [-0.3, -0.25) is 4.79 Å². The van der Waals surface area contributed by atoms with E-state index in [0.29, 0.717) is 39.8 Å². The summed E-state index contributed by atoms with van der Waals surface area (Å²) < 4.78 is 5.38. The Morgan fingerprint density at radius 2 is 1.89 bits per heavy atom. The van der Waals surface area contributed by atoms with Crippen LogP contribution >= 0.6 is 23.2 Å². The van der Waals surface area contributed by atoms with Crippen molar-refractivity contribution in [1.29, 1.82) is 0 Å². The Morgan fingerprint density at radius 3 is 2.61 bits per heavy atom. The first-order chi connectivity index (χ1) is 13.6. The normalized spacial score (nSPS) is 17.4. The van der Waals surface area contributed by atoms with Gasteiger partial charge in [0.25, 0.3) is 5.91 Å². The Bertz CT molecular complexity index is 865. The molecule has 1 saturated heterocycles. The van der Waals surface area contributed by atoms with Crippen LogP contribution < -0.4 is 10.6 Å². The molecule has 7 heteroatoms.